The van der Waals surface area contributed by atoms with Crippen LogP contribution >= 0.6 is 11.3 Å². The van der Waals surface area contributed by atoms with Gasteiger partial charge in [-0.25, -0.2) is 4.85 Å². The van der Waals surface area contributed by atoms with E-state index in [9.17, 15) is 5.26 Å². The number of thiophene rings is 1. The van der Waals surface area contributed by atoms with Crippen molar-refractivity contribution in [3.05, 3.63) is 58.8 Å². The zero-order valence-electron chi connectivity index (χ0n) is 21.0. The van der Waals surface area contributed by atoms with E-state index in [0.29, 0.717) is 11.4 Å². The zero-order chi connectivity index (χ0) is 25.1. The molecule has 1 aromatic heterocycles. The van der Waals surface area contributed by atoms with Gasteiger partial charge < -0.3 is 9.80 Å². The minimum absolute atomic E-state index is 0.204. The molecule has 2 aromatic rings. The molecule has 0 spiro atoms. The van der Waals surface area contributed by atoms with E-state index in [1.165, 1.54) is 17.0 Å². The number of nitrogens with zero attached hydrogens (tertiary/aromatic N) is 6. The van der Waals surface area contributed by atoms with E-state index < -0.39 is 5.41 Å². The van der Waals surface area contributed by atoms with Crippen LogP contribution in [0.25, 0.3) is 4.85 Å². The van der Waals surface area contributed by atoms with Gasteiger partial charge in [0, 0.05) is 56.4 Å². The van der Waals surface area contributed by atoms with Gasteiger partial charge in [0.15, 0.2) is 0 Å². The maximum Gasteiger partial charge on any atom is 0.241 e. The van der Waals surface area contributed by atoms with Crippen molar-refractivity contribution in [2.45, 2.75) is 38.5 Å². The van der Waals surface area contributed by atoms with Crippen LogP contribution in [0.1, 0.15) is 38.0 Å². The second-order valence-electron chi connectivity index (χ2n) is 9.51. The number of rotatable bonds is 12. The lowest BCUT2D eigenvalue weighted by Crippen LogP contribution is -2.48. The summed E-state index contributed by atoms with van der Waals surface area (Å²) in [5.74, 6) is 0.204. The molecule has 35 heavy (non-hydrogen) atoms. The van der Waals surface area contributed by atoms with Gasteiger partial charge in [-0.15, -0.1) is 0 Å². The van der Waals surface area contributed by atoms with E-state index in [1.807, 2.05) is 18.2 Å². The fourth-order valence-corrected chi connectivity index (χ4v) is 5.95. The first-order valence-electron chi connectivity index (χ1n) is 12.5. The number of piperazine rings is 1. The average Bonchev–Trinajstić information content (AvgIpc) is 3.38. The van der Waals surface area contributed by atoms with Crippen LogP contribution in [-0.2, 0) is 5.41 Å². The van der Waals surface area contributed by atoms with Crippen LogP contribution in [0.4, 0.5) is 10.7 Å². The molecular weight excluding hydrogens is 452 g/mol. The topological polar surface area (TPSA) is 61.7 Å². The lowest BCUT2D eigenvalue weighted by Gasteiger charge is -2.37. The van der Waals surface area contributed by atoms with Crippen molar-refractivity contribution >= 4 is 22.0 Å². The molecule has 0 radical (unpaired) electrons. The Morgan fingerprint density at radius 2 is 1.71 bits per heavy atom. The zero-order valence-corrected chi connectivity index (χ0v) is 21.8. The Labute approximate surface area is 214 Å². The van der Waals surface area contributed by atoms with Gasteiger partial charge in [0.2, 0.25) is 5.00 Å². The first kappa shape index (κ1) is 26.7. The highest BCUT2D eigenvalue weighted by Crippen LogP contribution is 2.42. The lowest BCUT2D eigenvalue weighted by molar-refractivity contribution is 0.130. The normalized spacial score (nSPS) is 16.2. The Kier molecular flexibility index (Phi) is 10.1. The molecule has 1 aliphatic rings. The Morgan fingerprint density at radius 1 is 1.03 bits per heavy atom. The summed E-state index contributed by atoms with van der Waals surface area (Å²) in [4.78, 5) is 11.9. The summed E-state index contributed by atoms with van der Waals surface area (Å²) in [6, 6.07) is 19.1. The van der Waals surface area contributed by atoms with E-state index >= 15 is 0 Å². The van der Waals surface area contributed by atoms with Crippen LogP contribution in [0.3, 0.4) is 0 Å². The number of nitriles is 2. The molecule has 0 amide bonds. The molecule has 1 saturated heterocycles. The number of benzene rings is 1. The largest absolute Gasteiger partial charge is 0.369 e. The van der Waals surface area contributed by atoms with E-state index in [-0.39, 0.29) is 5.92 Å². The highest BCUT2D eigenvalue weighted by atomic mass is 32.1. The van der Waals surface area contributed by atoms with Crippen LogP contribution in [0.2, 0.25) is 0 Å². The molecule has 184 valence electrons. The SMILES string of the molecule is [C-]#[N+]c1ccc(C(C#N)(CCCN2CCN(CCN(CCC#N)c3ccccc3)CC2)C(C)C)s1. The summed E-state index contributed by atoms with van der Waals surface area (Å²) in [7, 11) is 0. The summed E-state index contributed by atoms with van der Waals surface area (Å²) >= 11 is 1.47. The molecule has 0 saturated carbocycles. The molecular formula is C28H36N6S. The van der Waals surface area contributed by atoms with E-state index in [4.69, 9.17) is 11.8 Å². The highest BCUT2D eigenvalue weighted by Gasteiger charge is 2.37. The summed E-state index contributed by atoms with van der Waals surface area (Å²) in [6.07, 6.45) is 2.34. The molecule has 1 atom stereocenters. The number of anilines is 1. The minimum Gasteiger partial charge on any atom is -0.369 e. The van der Waals surface area contributed by atoms with E-state index in [0.717, 1.165) is 70.1 Å². The van der Waals surface area contributed by atoms with E-state index in [1.54, 1.807) is 0 Å². The fourth-order valence-electron chi connectivity index (χ4n) is 4.84. The first-order valence-corrected chi connectivity index (χ1v) is 13.3. The second kappa shape index (κ2) is 13.3. The standard InChI is InChI=1S/C28H36N6S/c1-24(2)28(23-30,26-11-12-27(31-3)35-26)13-7-15-32-17-19-33(20-18-32)21-22-34(16-8-14-29)25-9-5-4-6-10-25/h4-6,9-12,24H,7-8,13,15-22H2,1-2H3. The highest BCUT2D eigenvalue weighted by molar-refractivity contribution is 7.16. The Morgan fingerprint density at radius 3 is 2.29 bits per heavy atom. The predicted molar refractivity (Wildman–Crippen MR) is 144 cm³/mol. The molecule has 1 aromatic carbocycles. The van der Waals surface area contributed by atoms with Crippen molar-refractivity contribution in [1.82, 2.24) is 9.80 Å². The van der Waals surface area contributed by atoms with Crippen LogP contribution in [0.5, 0.6) is 0 Å². The monoisotopic (exact) mass is 488 g/mol. The van der Waals surface area contributed by atoms with Crippen LogP contribution in [0, 0.1) is 35.2 Å². The van der Waals surface area contributed by atoms with Crippen molar-refractivity contribution in [3.8, 4) is 12.1 Å². The minimum atomic E-state index is -0.514. The lowest BCUT2D eigenvalue weighted by atomic mass is 9.73. The first-order chi connectivity index (χ1) is 17.0. The molecule has 0 N–H and O–H groups in total. The summed E-state index contributed by atoms with van der Waals surface area (Å²) in [6.45, 7) is 19.4. The third-order valence-corrected chi connectivity index (χ3v) is 8.29. The number of hydrogen-bond acceptors (Lipinski definition) is 6. The van der Waals surface area contributed by atoms with Crippen LogP contribution in [0.15, 0.2) is 42.5 Å². The van der Waals surface area contributed by atoms with Crippen molar-refractivity contribution in [2.24, 2.45) is 5.92 Å². The Hall–Kier alpha value is -2.89. The van der Waals surface area contributed by atoms with Gasteiger partial charge in [-0.3, -0.25) is 4.90 Å². The molecule has 1 fully saturated rings. The van der Waals surface area contributed by atoms with Crippen molar-refractivity contribution in [1.29, 1.82) is 10.5 Å². The summed E-state index contributed by atoms with van der Waals surface area (Å²) < 4.78 is 0. The quantitative estimate of drug-likeness (QED) is 0.367. The average molecular weight is 489 g/mol. The van der Waals surface area contributed by atoms with Crippen LogP contribution in [-0.4, -0.2) is 62.2 Å². The number of hydrogen-bond donors (Lipinski definition) is 0. The Bertz CT molecular complexity index is 1040. The maximum absolute atomic E-state index is 10.1. The van der Waals surface area contributed by atoms with Crippen molar-refractivity contribution < 1.29 is 0 Å². The smallest absolute Gasteiger partial charge is 0.241 e. The molecule has 6 nitrogen and oxygen atoms in total. The third kappa shape index (κ3) is 7.06. The van der Waals surface area contributed by atoms with Crippen LogP contribution < -0.4 is 4.90 Å². The van der Waals surface area contributed by atoms with Gasteiger partial charge in [0.1, 0.15) is 0 Å². The van der Waals surface area contributed by atoms with Gasteiger partial charge in [-0.05, 0) is 43.5 Å². The van der Waals surface area contributed by atoms with Gasteiger partial charge in [-0.2, -0.15) is 21.9 Å². The number of para-hydroxylation sites is 1. The molecule has 1 unspecified atom stereocenters. The molecule has 1 aliphatic heterocycles. The molecule has 3 rings (SSSR count). The van der Waals surface area contributed by atoms with Gasteiger partial charge in [0.05, 0.1) is 30.5 Å². The molecule has 7 heteroatoms. The third-order valence-electron chi connectivity index (χ3n) is 7.14. The molecule has 0 aliphatic carbocycles. The van der Waals surface area contributed by atoms with Gasteiger partial charge in [-0.1, -0.05) is 38.1 Å². The maximum atomic E-state index is 10.1. The van der Waals surface area contributed by atoms with E-state index in [2.05, 4.69) is 69.8 Å². The molecule has 2 heterocycles. The van der Waals surface area contributed by atoms with Gasteiger partial charge >= 0.3 is 0 Å². The fraction of sp³-hybridized carbons (Fsp3) is 0.536. The van der Waals surface area contributed by atoms with Crippen molar-refractivity contribution in [2.75, 3.05) is 57.3 Å². The molecule has 0 bridgehead atoms. The Balaban J connectivity index is 1.46. The summed E-state index contributed by atoms with van der Waals surface area (Å²) in [5.41, 5.74) is 0.668. The second-order valence-corrected chi connectivity index (χ2v) is 10.6. The summed E-state index contributed by atoms with van der Waals surface area (Å²) in [5, 5.41) is 19.8. The van der Waals surface area contributed by atoms with Gasteiger partial charge in [0.25, 0.3) is 0 Å². The predicted octanol–water partition coefficient (Wildman–Crippen LogP) is 5.53. The van der Waals surface area contributed by atoms with Crippen molar-refractivity contribution in [3.63, 3.8) is 0 Å².